The molecule has 9 nitrogen and oxygen atoms in total. The Bertz CT molecular complexity index is 1570. The van der Waals surface area contributed by atoms with Gasteiger partial charge in [0.05, 0.1) is 34.0 Å². The maximum atomic E-state index is 12.6. The number of benzene rings is 2. The number of nitrogens with zero attached hydrogens (tertiary/aromatic N) is 5. The van der Waals surface area contributed by atoms with Gasteiger partial charge in [0.1, 0.15) is 5.75 Å². The van der Waals surface area contributed by atoms with Crippen LogP contribution in [0.3, 0.4) is 0 Å². The first-order valence-corrected chi connectivity index (χ1v) is 11.8. The molecular formula is C28H33N7O2. The Morgan fingerprint density at radius 2 is 2.03 bits per heavy atom. The molecule has 2 heterocycles. The number of carbonyl (C=O) groups excluding carboxylic acids is 1. The Balaban J connectivity index is 1.73. The van der Waals surface area contributed by atoms with Crippen LogP contribution in [-0.2, 0) is 11.8 Å². The molecule has 2 N–H and O–H groups in total. The largest absolute Gasteiger partial charge is 0.494 e. The Hall–Kier alpha value is -4.37. The average Bonchev–Trinajstić information content (AvgIpc) is 3.28. The summed E-state index contributed by atoms with van der Waals surface area (Å²) in [6.45, 7) is 0.535. The van der Waals surface area contributed by atoms with E-state index < -0.39 is 18.5 Å². The topological polar surface area (TPSA) is 87.5 Å². The molecule has 1 amide bonds. The average molecular weight is 504 g/mol. The lowest BCUT2D eigenvalue weighted by Gasteiger charge is -2.26. The molecular weight excluding hydrogens is 467 g/mol. The molecule has 0 saturated heterocycles. The second kappa shape index (κ2) is 11.1. The normalized spacial score (nSPS) is 12.0. The quantitative estimate of drug-likeness (QED) is 0.243. The number of para-hydroxylation sites is 1. The number of hydrogen-bond donors (Lipinski definition) is 2. The summed E-state index contributed by atoms with van der Waals surface area (Å²) in [4.78, 5) is 25.8. The van der Waals surface area contributed by atoms with Crippen LogP contribution in [0, 0.1) is 0 Å². The fraction of sp³-hybridized carbons (Fsp3) is 0.250. The first-order chi connectivity index (χ1) is 19.1. The highest BCUT2D eigenvalue weighted by molar-refractivity contribution is 6.02. The van der Waals surface area contributed by atoms with Crippen LogP contribution < -0.4 is 20.3 Å². The van der Waals surface area contributed by atoms with Gasteiger partial charge in [-0.25, -0.2) is 9.97 Å². The lowest BCUT2D eigenvalue weighted by Crippen LogP contribution is -2.29. The Kier molecular flexibility index (Phi) is 6.58. The molecule has 0 fully saturated rings. The number of fused-ring (bicyclic) bond motifs is 1. The first kappa shape index (κ1) is 21.9. The molecule has 0 aliphatic carbocycles. The minimum Gasteiger partial charge on any atom is -0.494 e. The number of carbonyl (C=O) groups is 1. The van der Waals surface area contributed by atoms with E-state index in [9.17, 15) is 4.79 Å². The number of rotatable bonds is 10. The van der Waals surface area contributed by atoms with Gasteiger partial charge in [-0.15, -0.1) is 0 Å². The van der Waals surface area contributed by atoms with Gasteiger partial charge in [-0.05, 0) is 38.3 Å². The highest BCUT2D eigenvalue weighted by atomic mass is 16.5. The zero-order valence-electron chi connectivity index (χ0n) is 24.7. The standard InChI is InChI=1S/C28H33N7O2/c1-7-27(36)30-22-16-23(26(37-6)17-25(22)34(4)15-14-33(2)3)32-28-29-13-12-21(31-28)20-18-35(5)24-11-9-8-10-19(20)24/h7-13,16-18H,1,14-15H2,2-6H3,(H,30,36)(H,29,31,32)/i1D2,7D,27+1. The Morgan fingerprint density at radius 1 is 1.22 bits per heavy atom. The number of amides is 1. The molecule has 0 bridgehead atoms. The van der Waals surface area contributed by atoms with E-state index in [2.05, 4.69) is 32.3 Å². The molecule has 192 valence electrons. The van der Waals surface area contributed by atoms with Gasteiger partial charge in [0.15, 0.2) is 0 Å². The van der Waals surface area contributed by atoms with Crippen molar-refractivity contribution in [2.75, 3.05) is 56.9 Å². The van der Waals surface area contributed by atoms with Crippen LogP contribution in [0.4, 0.5) is 23.0 Å². The summed E-state index contributed by atoms with van der Waals surface area (Å²) < 4.78 is 30.2. The van der Waals surface area contributed by atoms with E-state index in [-0.39, 0.29) is 0 Å². The number of nitrogens with one attached hydrogen (secondary N) is 2. The Morgan fingerprint density at radius 3 is 2.78 bits per heavy atom. The smallest absolute Gasteiger partial charge is 0.247 e. The molecule has 0 aliphatic rings. The molecule has 0 spiro atoms. The van der Waals surface area contributed by atoms with Crippen molar-refractivity contribution in [3.05, 3.63) is 67.4 Å². The van der Waals surface area contributed by atoms with Gasteiger partial charge in [0.2, 0.25) is 11.9 Å². The van der Waals surface area contributed by atoms with Crippen LogP contribution in [0.5, 0.6) is 5.75 Å². The highest BCUT2D eigenvalue weighted by Gasteiger charge is 2.17. The van der Waals surface area contributed by atoms with Gasteiger partial charge in [-0.1, -0.05) is 24.7 Å². The van der Waals surface area contributed by atoms with Crippen LogP contribution in [0.15, 0.2) is 67.4 Å². The highest BCUT2D eigenvalue weighted by Crippen LogP contribution is 2.38. The van der Waals surface area contributed by atoms with Crippen molar-refractivity contribution < 1.29 is 13.6 Å². The summed E-state index contributed by atoms with van der Waals surface area (Å²) in [5.41, 5.74) is 4.32. The van der Waals surface area contributed by atoms with Gasteiger partial charge in [0.25, 0.3) is 0 Å². The monoisotopic (exact) mass is 503 g/mol. The van der Waals surface area contributed by atoms with E-state index in [1.54, 1.807) is 25.4 Å². The van der Waals surface area contributed by atoms with Crippen LogP contribution in [0.2, 0.25) is 0 Å². The van der Waals surface area contributed by atoms with Crippen LogP contribution in [0.25, 0.3) is 22.2 Å². The van der Waals surface area contributed by atoms with Crippen LogP contribution in [0.1, 0.15) is 4.11 Å². The molecule has 0 saturated carbocycles. The molecule has 0 aliphatic heterocycles. The van der Waals surface area contributed by atoms with Gasteiger partial charge < -0.3 is 29.7 Å². The van der Waals surface area contributed by atoms with Gasteiger partial charge >= 0.3 is 0 Å². The minimum absolute atomic E-state index is 0.329. The third-order valence-corrected chi connectivity index (χ3v) is 6.05. The number of aryl methyl sites for hydroxylation is 1. The molecule has 2 aromatic carbocycles. The van der Waals surface area contributed by atoms with Gasteiger partial charge in [-0.3, -0.25) is 4.79 Å². The van der Waals surface area contributed by atoms with E-state index in [0.29, 0.717) is 35.3 Å². The molecule has 0 radical (unpaired) electrons. The first-order valence-electron chi connectivity index (χ1n) is 13.3. The summed E-state index contributed by atoms with van der Waals surface area (Å²) in [6, 6.07) is 12.7. The summed E-state index contributed by atoms with van der Waals surface area (Å²) >= 11 is 0. The maximum Gasteiger partial charge on any atom is 0.247 e. The third kappa shape index (κ3) is 5.73. The third-order valence-electron chi connectivity index (χ3n) is 6.05. The molecule has 37 heavy (non-hydrogen) atoms. The fourth-order valence-corrected chi connectivity index (χ4v) is 4.11. The lowest BCUT2D eigenvalue weighted by atomic mass is 10.1. The van der Waals surface area contributed by atoms with Crippen molar-refractivity contribution >= 4 is 39.8 Å². The SMILES string of the molecule is [2H]C([2H])=C([2H])[13C](=O)Nc1cc(Nc2nccc(-c3cn(C)c4ccccc34)n2)c(OC)cc1N(C)CCN(C)C. The van der Waals surface area contributed by atoms with E-state index in [0.717, 1.165) is 28.7 Å². The van der Waals surface area contributed by atoms with E-state index in [1.807, 2.05) is 62.4 Å². The summed E-state index contributed by atoms with van der Waals surface area (Å²) in [5.74, 6) is -0.0323. The number of methoxy groups -OCH3 is 1. The van der Waals surface area contributed by atoms with Crippen molar-refractivity contribution in [2.45, 2.75) is 0 Å². The van der Waals surface area contributed by atoms with Crippen molar-refractivity contribution in [3.8, 4) is 17.0 Å². The molecule has 4 aromatic rings. The number of ether oxygens (including phenoxy) is 1. The maximum absolute atomic E-state index is 12.6. The van der Waals surface area contributed by atoms with Gasteiger partial charge in [0, 0.05) is 62.1 Å². The summed E-state index contributed by atoms with van der Waals surface area (Å²) in [7, 11) is 9.36. The lowest BCUT2D eigenvalue weighted by molar-refractivity contribution is -0.111. The minimum atomic E-state index is -0.870. The fourth-order valence-electron chi connectivity index (χ4n) is 4.11. The van der Waals surface area contributed by atoms with E-state index >= 15 is 0 Å². The number of likely N-dealkylation sites (N-methyl/N-ethyl adjacent to an activating group) is 2. The van der Waals surface area contributed by atoms with Crippen molar-refractivity contribution in [3.63, 3.8) is 0 Å². The van der Waals surface area contributed by atoms with E-state index in [4.69, 9.17) is 13.8 Å². The number of aromatic nitrogens is 3. The Labute approximate surface area is 221 Å². The zero-order valence-corrected chi connectivity index (χ0v) is 21.7. The molecule has 0 unspecified atom stereocenters. The summed E-state index contributed by atoms with van der Waals surface area (Å²) in [5, 5.41) is 6.96. The zero-order chi connectivity index (χ0) is 29.0. The van der Waals surface area contributed by atoms with Crippen molar-refractivity contribution in [1.29, 1.82) is 0 Å². The van der Waals surface area contributed by atoms with Crippen molar-refractivity contribution in [2.24, 2.45) is 7.05 Å². The second-order valence-corrected chi connectivity index (χ2v) is 8.93. The number of anilines is 4. The molecule has 4 rings (SSSR count). The molecule has 2 aromatic heterocycles. The van der Waals surface area contributed by atoms with Gasteiger partial charge in [-0.2, -0.15) is 0 Å². The predicted molar refractivity (Wildman–Crippen MR) is 151 cm³/mol. The van der Waals surface area contributed by atoms with Crippen molar-refractivity contribution in [1.82, 2.24) is 19.4 Å². The number of hydrogen-bond acceptors (Lipinski definition) is 7. The predicted octanol–water partition coefficient (Wildman–Crippen LogP) is 4.51. The second-order valence-electron chi connectivity index (χ2n) is 8.93. The van der Waals surface area contributed by atoms with Crippen LogP contribution in [-0.4, -0.2) is 66.7 Å². The molecule has 0 atom stereocenters. The van der Waals surface area contributed by atoms with Crippen LogP contribution >= 0.6 is 0 Å². The molecule has 9 heteroatoms. The van der Waals surface area contributed by atoms with E-state index in [1.165, 1.54) is 0 Å². The summed E-state index contributed by atoms with van der Waals surface area (Å²) in [6.07, 6.45) is 3.70.